The largest absolute Gasteiger partial charge is 0.495 e. The van der Waals surface area contributed by atoms with Crippen LogP contribution in [-0.4, -0.2) is 44.9 Å². The zero-order valence-corrected chi connectivity index (χ0v) is 13.6. The van der Waals surface area contributed by atoms with Gasteiger partial charge in [-0.1, -0.05) is 17.7 Å². The molecule has 4 nitrogen and oxygen atoms in total. The zero-order chi connectivity index (χ0) is 15.2. The smallest absolute Gasteiger partial charge is 0.137 e. The molecule has 2 unspecified atom stereocenters. The first-order chi connectivity index (χ1) is 10.2. The lowest BCUT2D eigenvalue weighted by atomic mass is 10.0. The van der Waals surface area contributed by atoms with E-state index in [0.29, 0.717) is 23.4 Å². The van der Waals surface area contributed by atoms with Crippen molar-refractivity contribution < 1.29 is 9.47 Å². The van der Waals surface area contributed by atoms with Gasteiger partial charge in [0.25, 0.3) is 0 Å². The number of methoxy groups -OCH3 is 1. The molecule has 2 atom stereocenters. The van der Waals surface area contributed by atoms with Crippen LogP contribution in [0, 0.1) is 0 Å². The minimum atomic E-state index is 0.138. The molecule has 0 saturated carbocycles. The van der Waals surface area contributed by atoms with Gasteiger partial charge in [-0.2, -0.15) is 0 Å². The molecule has 1 aromatic rings. The molecule has 2 N–H and O–H groups in total. The molecule has 0 aliphatic carbocycles. The van der Waals surface area contributed by atoms with Crippen LogP contribution in [0.5, 0.6) is 5.75 Å². The van der Waals surface area contributed by atoms with E-state index in [-0.39, 0.29) is 6.04 Å². The molecular formula is C16H25ClN2O2. The van der Waals surface area contributed by atoms with E-state index in [9.17, 15) is 0 Å². The number of rotatable bonds is 6. The molecule has 1 aliphatic heterocycles. The Balaban J connectivity index is 2.05. The minimum absolute atomic E-state index is 0.138. The van der Waals surface area contributed by atoms with Gasteiger partial charge in [0.1, 0.15) is 5.75 Å². The zero-order valence-electron chi connectivity index (χ0n) is 12.8. The maximum atomic E-state index is 6.22. The average Bonchev–Trinajstić information content (AvgIpc) is 2.49. The molecular weight excluding hydrogens is 288 g/mol. The second-order valence-corrected chi connectivity index (χ2v) is 5.98. The minimum Gasteiger partial charge on any atom is -0.495 e. The van der Waals surface area contributed by atoms with Crippen molar-refractivity contribution in [2.75, 3.05) is 33.9 Å². The fourth-order valence-electron chi connectivity index (χ4n) is 2.86. The van der Waals surface area contributed by atoms with Gasteiger partial charge in [0, 0.05) is 25.7 Å². The van der Waals surface area contributed by atoms with Gasteiger partial charge >= 0.3 is 0 Å². The van der Waals surface area contributed by atoms with E-state index in [4.69, 9.17) is 26.8 Å². The molecule has 1 heterocycles. The Hall–Kier alpha value is -0.810. The van der Waals surface area contributed by atoms with Crippen molar-refractivity contribution in [2.24, 2.45) is 5.73 Å². The third-order valence-corrected chi connectivity index (χ3v) is 4.38. The lowest BCUT2D eigenvalue weighted by molar-refractivity contribution is -0.00777. The number of nitrogens with two attached hydrogens (primary N) is 1. The summed E-state index contributed by atoms with van der Waals surface area (Å²) in [6.45, 7) is 2.32. The maximum absolute atomic E-state index is 6.22. The lowest BCUT2D eigenvalue weighted by Crippen LogP contribution is -2.38. The third-order valence-electron chi connectivity index (χ3n) is 4.08. The Labute approximate surface area is 132 Å². The number of hydrogen-bond donors (Lipinski definition) is 1. The monoisotopic (exact) mass is 312 g/mol. The first kappa shape index (κ1) is 16.6. The van der Waals surface area contributed by atoms with Crippen molar-refractivity contribution in [3.8, 4) is 5.75 Å². The van der Waals surface area contributed by atoms with Gasteiger partial charge in [-0.05, 0) is 44.0 Å². The van der Waals surface area contributed by atoms with Crippen molar-refractivity contribution in [1.29, 1.82) is 0 Å². The fraction of sp³-hybridized carbons (Fsp3) is 0.625. The summed E-state index contributed by atoms with van der Waals surface area (Å²) in [6, 6.07) is 6.00. The summed E-state index contributed by atoms with van der Waals surface area (Å²) >= 11 is 6.22. The van der Waals surface area contributed by atoms with Crippen LogP contribution in [0.2, 0.25) is 5.02 Å². The molecule has 21 heavy (non-hydrogen) atoms. The van der Waals surface area contributed by atoms with E-state index in [2.05, 4.69) is 11.9 Å². The summed E-state index contributed by atoms with van der Waals surface area (Å²) in [5, 5.41) is 0.621. The second kappa shape index (κ2) is 7.99. The van der Waals surface area contributed by atoms with Crippen LogP contribution < -0.4 is 10.5 Å². The molecule has 0 aromatic heterocycles. The van der Waals surface area contributed by atoms with Crippen LogP contribution in [-0.2, 0) is 4.74 Å². The Bertz CT molecular complexity index is 450. The standard InChI is InChI=1S/C16H25ClN2O2/c1-19(11-13-5-3-4-8-21-13)15(10-18)12-6-7-16(20-2)14(17)9-12/h6-7,9,13,15H,3-5,8,10-11,18H2,1-2H3. The molecule has 0 spiro atoms. The number of halogens is 1. The Morgan fingerprint density at radius 1 is 1.48 bits per heavy atom. The van der Waals surface area contributed by atoms with Crippen LogP contribution >= 0.6 is 11.6 Å². The second-order valence-electron chi connectivity index (χ2n) is 5.57. The molecule has 5 heteroatoms. The number of hydrogen-bond acceptors (Lipinski definition) is 4. The summed E-state index contributed by atoms with van der Waals surface area (Å²) < 4.78 is 11.0. The number of nitrogens with zero attached hydrogens (tertiary/aromatic N) is 1. The van der Waals surface area contributed by atoms with Crippen LogP contribution in [0.25, 0.3) is 0 Å². The van der Waals surface area contributed by atoms with E-state index in [1.807, 2.05) is 18.2 Å². The normalized spacial score (nSPS) is 20.5. The highest BCUT2D eigenvalue weighted by Gasteiger charge is 2.22. The molecule has 118 valence electrons. The van der Waals surface area contributed by atoms with Gasteiger partial charge in [0.05, 0.1) is 18.2 Å². The van der Waals surface area contributed by atoms with Gasteiger partial charge in [-0.25, -0.2) is 0 Å². The molecule has 2 rings (SSSR count). The molecule has 1 fully saturated rings. The van der Waals surface area contributed by atoms with Crippen molar-refractivity contribution in [3.63, 3.8) is 0 Å². The summed E-state index contributed by atoms with van der Waals surface area (Å²) in [5.74, 6) is 0.689. The van der Waals surface area contributed by atoms with Gasteiger partial charge < -0.3 is 15.2 Å². The van der Waals surface area contributed by atoms with Crippen LogP contribution in [0.4, 0.5) is 0 Å². The Morgan fingerprint density at radius 3 is 2.86 bits per heavy atom. The Kier molecular flexibility index (Phi) is 6.30. The third kappa shape index (κ3) is 4.33. The van der Waals surface area contributed by atoms with Crippen molar-refractivity contribution in [2.45, 2.75) is 31.4 Å². The highest BCUT2D eigenvalue weighted by atomic mass is 35.5. The summed E-state index contributed by atoms with van der Waals surface area (Å²) in [7, 11) is 3.71. The van der Waals surface area contributed by atoms with Crippen molar-refractivity contribution in [1.82, 2.24) is 4.90 Å². The quantitative estimate of drug-likeness (QED) is 0.877. The molecule has 1 aromatic carbocycles. The molecule has 0 amide bonds. The highest BCUT2D eigenvalue weighted by molar-refractivity contribution is 6.32. The van der Waals surface area contributed by atoms with Gasteiger partial charge in [-0.3, -0.25) is 4.90 Å². The summed E-state index contributed by atoms with van der Waals surface area (Å²) in [6.07, 6.45) is 3.87. The van der Waals surface area contributed by atoms with Crippen LogP contribution in [0.1, 0.15) is 30.9 Å². The number of benzene rings is 1. The molecule has 0 bridgehead atoms. The maximum Gasteiger partial charge on any atom is 0.137 e. The Morgan fingerprint density at radius 2 is 2.29 bits per heavy atom. The molecule has 1 aliphatic rings. The van der Waals surface area contributed by atoms with Crippen molar-refractivity contribution in [3.05, 3.63) is 28.8 Å². The van der Waals surface area contributed by atoms with E-state index in [0.717, 1.165) is 25.1 Å². The van der Waals surface area contributed by atoms with Crippen LogP contribution in [0.3, 0.4) is 0 Å². The van der Waals surface area contributed by atoms with Crippen molar-refractivity contribution >= 4 is 11.6 Å². The average molecular weight is 313 g/mol. The first-order valence-corrected chi connectivity index (χ1v) is 7.89. The molecule has 0 radical (unpaired) electrons. The summed E-state index contributed by atoms with van der Waals surface area (Å²) in [4.78, 5) is 2.26. The van der Waals surface area contributed by atoms with E-state index in [1.54, 1.807) is 7.11 Å². The molecule has 1 saturated heterocycles. The highest BCUT2D eigenvalue weighted by Crippen LogP contribution is 2.29. The van der Waals surface area contributed by atoms with Gasteiger partial charge in [-0.15, -0.1) is 0 Å². The van der Waals surface area contributed by atoms with E-state index in [1.165, 1.54) is 12.8 Å². The van der Waals surface area contributed by atoms with Gasteiger partial charge in [0.2, 0.25) is 0 Å². The predicted octanol–water partition coefficient (Wildman–Crippen LogP) is 2.85. The SMILES string of the molecule is COc1ccc(C(CN)N(C)CC2CCCCO2)cc1Cl. The van der Waals surface area contributed by atoms with E-state index < -0.39 is 0 Å². The summed E-state index contributed by atoms with van der Waals surface area (Å²) in [5.41, 5.74) is 7.09. The topological polar surface area (TPSA) is 47.7 Å². The number of ether oxygens (including phenoxy) is 2. The number of likely N-dealkylation sites (N-methyl/N-ethyl adjacent to an activating group) is 1. The fourth-order valence-corrected chi connectivity index (χ4v) is 3.13. The van der Waals surface area contributed by atoms with Gasteiger partial charge in [0.15, 0.2) is 0 Å². The van der Waals surface area contributed by atoms with Crippen LogP contribution in [0.15, 0.2) is 18.2 Å². The lowest BCUT2D eigenvalue weighted by Gasteiger charge is -2.32. The van der Waals surface area contributed by atoms with E-state index >= 15 is 0 Å². The predicted molar refractivity (Wildman–Crippen MR) is 86.0 cm³/mol. The first-order valence-electron chi connectivity index (χ1n) is 7.51.